The maximum absolute atomic E-state index is 9.78. The zero-order valence-electron chi connectivity index (χ0n) is 10.6. The van der Waals surface area contributed by atoms with E-state index in [1.807, 2.05) is 18.2 Å². The number of anilines is 1. The smallest absolute Gasteiger partial charge is 0.132 e. The maximum atomic E-state index is 9.78. The summed E-state index contributed by atoms with van der Waals surface area (Å²) in [7, 11) is 0. The summed E-state index contributed by atoms with van der Waals surface area (Å²) in [5.74, 6) is 1.02. The molecule has 1 aliphatic heterocycles. The highest BCUT2D eigenvalue weighted by Crippen LogP contribution is 2.25. The monoisotopic (exact) mass is 242 g/mol. The second kappa shape index (κ2) is 4.58. The van der Waals surface area contributed by atoms with E-state index < -0.39 is 0 Å². The first-order valence-corrected chi connectivity index (χ1v) is 6.53. The first-order chi connectivity index (χ1) is 8.74. The lowest BCUT2D eigenvalue weighted by molar-refractivity contribution is 0.154. The summed E-state index contributed by atoms with van der Waals surface area (Å²) in [6.07, 6.45) is 1.73. The van der Waals surface area contributed by atoms with E-state index in [0.717, 1.165) is 30.7 Å². The third-order valence-electron chi connectivity index (χ3n) is 3.58. The quantitative estimate of drug-likeness (QED) is 0.834. The Bertz CT molecular complexity index is 567. The van der Waals surface area contributed by atoms with Crippen LogP contribution in [0, 0.1) is 6.92 Å². The number of aryl methyl sites for hydroxylation is 1. The van der Waals surface area contributed by atoms with Crippen LogP contribution < -0.4 is 4.90 Å². The number of aliphatic hydroxyl groups excluding tert-OH is 1. The minimum absolute atomic E-state index is 0.216. The molecule has 0 amide bonds. The highest BCUT2D eigenvalue weighted by Gasteiger charge is 2.20. The molecular formula is C15H18N2O. The van der Waals surface area contributed by atoms with E-state index in [0.29, 0.717) is 6.54 Å². The highest BCUT2D eigenvalue weighted by atomic mass is 16.3. The molecule has 1 saturated heterocycles. The van der Waals surface area contributed by atoms with Gasteiger partial charge in [-0.15, -0.1) is 0 Å². The number of pyridine rings is 1. The van der Waals surface area contributed by atoms with Crippen LogP contribution in [-0.2, 0) is 0 Å². The van der Waals surface area contributed by atoms with Crippen molar-refractivity contribution in [1.29, 1.82) is 0 Å². The van der Waals surface area contributed by atoms with Gasteiger partial charge in [-0.1, -0.05) is 18.2 Å². The fourth-order valence-corrected chi connectivity index (χ4v) is 2.68. The molecule has 0 saturated carbocycles. The third-order valence-corrected chi connectivity index (χ3v) is 3.58. The Kier molecular flexibility index (Phi) is 2.92. The first kappa shape index (κ1) is 11.5. The number of fused-ring (bicyclic) bond motifs is 1. The zero-order valence-corrected chi connectivity index (χ0v) is 10.6. The molecule has 18 heavy (non-hydrogen) atoms. The predicted octanol–water partition coefficient (Wildman–Crippen LogP) is 2.50. The number of piperidine rings is 1. The summed E-state index contributed by atoms with van der Waals surface area (Å²) in [5, 5.41) is 11.0. The van der Waals surface area contributed by atoms with Gasteiger partial charge in [0.15, 0.2) is 0 Å². The Morgan fingerprint density at radius 2 is 2.17 bits per heavy atom. The number of aliphatic hydroxyl groups is 1. The zero-order chi connectivity index (χ0) is 12.5. The van der Waals surface area contributed by atoms with Crippen molar-refractivity contribution >= 4 is 16.7 Å². The lowest BCUT2D eigenvalue weighted by Crippen LogP contribution is -2.39. The third kappa shape index (κ3) is 2.06. The molecule has 1 aromatic heterocycles. The van der Waals surface area contributed by atoms with Gasteiger partial charge in [0.05, 0.1) is 11.6 Å². The normalized spacial score (nSPS) is 20.3. The summed E-state index contributed by atoms with van der Waals surface area (Å²) < 4.78 is 0. The van der Waals surface area contributed by atoms with Crippen molar-refractivity contribution in [3.8, 4) is 0 Å². The number of rotatable bonds is 1. The van der Waals surface area contributed by atoms with Crippen LogP contribution in [0.3, 0.4) is 0 Å². The first-order valence-electron chi connectivity index (χ1n) is 6.53. The number of hydrogen-bond acceptors (Lipinski definition) is 3. The molecule has 1 atom stereocenters. The molecule has 1 fully saturated rings. The van der Waals surface area contributed by atoms with Crippen LogP contribution in [0.5, 0.6) is 0 Å². The van der Waals surface area contributed by atoms with Crippen LogP contribution in [0.25, 0.3) is 10.9 Å². The molecule has 3 rings (SSSR count). The van der Waals surface area contributed by atoms with Crippen molar-refractivity contribution in [2.24, 2.45) is 0 Å². The van der Waals surface area contributed by atoms with Gasteiger partial charge in [-0.3, -0.25) is 0 Å². The Morgan fingerprint density at radius 1 is 1.33 bits per heavy atom. The molecule has 1 N–H and O–H groups in total. The summed E-state index contributed by atoms with van der Waals surface area (Å²) in [6, 6.07) is 10.4. The lowest BCUT2D eigenvalue weighted by Gasteiger charge is -2.32. The molecule has 3 heteroatoms. The standard InChI is InChI=1S/C15H18N2O/c1-11-9-12-5-2-3-7-14(12)16-15(11)17-8-4-6-13(18)10-17/h2-3,5,7,9,13,18H,4,6,8,10H2,1H3/t13-/m0/s1. The molecule has 0 radical (unpaired) electrons. The Morgan fingerprint density at radius 3 is 3.00 bits per heavy atom. The van der Waals surface area contributed by atoms with Crippen molar-refractivity contribution in [3.63, 3.8) is 0 Å². The molecule has 2 heterocycles. The van der Waals surface area contributed by atoms with E-state index in [9.17, 15) is 5.11 Å². The van der Waals surface area contributed by atoms with E-state index in [4.69, 9.17) is 4.98 Å². The van der Waals surface area contributed by atoms with Gasteiger partial charge in [0.2, 0.25) is 0 Å². The van der Waals surface area contributed by atoms with Crippen molar-refractivity contribution < 1.29 is 5.11 Å². The summed E-state index contributed by atoms with van der Waals surface area (Å²) in [5.41, 5.74) is 2.21. The minimum Gasteiger partial charge on any atom is -0.391 e. The van der Waals surface area contributed by atoms with E-state index in [1.165, 1.54) is 10.9 Å². The van der Waals surface area contributed by atoms with Crippen LogP contribution in [0.1, 0.15) is 18.4 Å². The van der Waals surface area contributed by atoms with Gasteiger partial charge >= 0.3 is 0 Å². The van der Waals surface area contributed by atoms with Gasteiger partial charge in [0.1, 0.15) is 5.82 Å². The SMILES string of the molecule is Cc1cc2ccccc2nc1N1CCC[C@H](O)C1. The number of benzene rings is 1. The van der Waals surface area contributed by atoms with Gasteiger partial charge in [0, 0.05) is 18.5 Å². The van der Waals surface area contributed by atoms with Crippen molar-refractivity contribution in [2.45, 2.75) is 25.9 Å². The van der Waals surface area contributed by atoms with E-state index in [1.54, 1.807) is 0 Å². The lowest BCUT2D eigenvalue weighted by atomic mass is 10.1. The van der Waals surface area contributed by atoms with Gasteiger partial charge < -0.3 is 10.0 Å². The van der Waals surface area contributed by atoms with Gasteiger partial charge in [-0.2, -0.15) is 0 Å². The summed E-state index contributed by atoms with van der Waals surface area (Å²) in [6.45, 7) is 3.78. The second-order valence-corrected chi connectivity index (χ2v) is 5.06. The molecule has 94 valence electrons. The van der Waals surface area contributed by atoms with Crippen LogP contribution in [0.15, 0.2) is 30.3 Å². The fraction of sp³-hybridized carbons (Fsp3) is 0.400. The van der Waals surface area contributed by atoms with Crippen LogP contribution in [0.4, 0.5) is 5.82 Å². The molecule has 2 aromatic rings. The molecule has 3 nitrogen and oxygen atoms in total. The Hall–Kier alpha value is -1.61. The number of aromatic nitrogens is 1. The average molecular weight is 242 g/mol. The average Bonchev–Trinajstić information content (AvgIpc) is 2.38. The van der Waals surface area contributed by atoms with Gasteiger partial charge in [0.25, 0.3) is 0 Å². The molecular weight excluding hydrogens is 224 g/mol. The van der Waals surface area contributed by atoms with E-state index >= 15 is 0 Å². The molecule has 0 unspecified atom stereocenters. The second-order valence-electron chi connectivity index (χ2n) is 5.06. The Balaban J connectivity index is 2.02. The van der Waals surface area contributed by atoms with Crippen molar-refractivity contribution in [2.75, 3.05) is 18.0 Å². The Labute approximate surface area is 107 Å². The van der Waals surface area contributed by atoms with Gasteiger partial charge in [-0.05, 0) is 37.5 Å². The number of hydrogen-bond donors (Lipinski definition) is 1. The molecule has 0 bridgehead atoms. The van der Waals surface area contributed by atoms with Crippen LogP contribution in [-0.4, -0.2) is 29.3 Å². The summed E-state index contributed by atoms with van der Waals surface area (Å²) >= 11 is 0. The highest BCUT2D eigenvalue weighted by molar-refractivity contribution is 5.81. The largest absolute Gasteiger partial charge is 0.391 e. The number of β-amino-alcohol motifs (C(OH)–C–C–N with tert-alkyl or cyclic N) is 1. The van der Waals surface area contributed by atoms with E-state index in [2.05, 4.69) is 24.0 Å². The number of nitrogens with zero attached hydrogens (tertiary/aromatic N) is 2. The molecule has 1 aliphatic rings. The minimum atomic E-state index is -0.216. The van der Waals surface area contributed by atoms with Gasteiger partial charge in [-0.25, -0.2) is 4.98 Å². The maximum Gasteiger partial charge on any atom is 0.132 e. The van der Waals surface area contributed by atoms with Crippen LogP contribution >= 0.6 is 0 Å². The number of para-hydroxylation sites is 1. The van der Waals surface area contributed by atoms with Crippen LogP contribution in [0.2, 0.25) is 0 Å². The van der Waals surface area contributed by atoms with E-state index in [-0.39, 0.29) is 6.10 Å². The molecule has 0 spiro atoms. The van der Waals surface area contributed by atoms with Crippen molar-refractivity contribution in [3.05, 3.63) is 35.9 Å². The molecule has 0 aliphatic carbocycles. The predicted molar refractivity (Wildman–Crippen MR) is 73.9 cm³/mol. The topological polar surface area (TPSA) is 36.4 Å². The molecule has 1 aromatic carbocycles. The summed E-state index contributed by atoms with van der Waals surface area (Å²) in [4.78, 5) is 6.95. The fourth-order valence-electron chi connectivity index (χ4n) is 2.68. The van der Waals surface area contributed by atoms with Crippen molar-refractivity contribution in [1.82, 2.24) is 4.98 Å².